The number of cyclic esters (lactones) is 1. The minimum atomic E-state index is -2.03. The molecule has 1 saturated heterocycles. The molecule has 0 aromatic heterocycles. The summed E-state index contributed by atoms with van der Waals surface area (Å²) in [6.45, 7) is 4.19. The summed E-state index contributed by atoms with van der Waals surface area (Å²) in [6.07, 6.45) is 0.703. The molecule has 0 spiro atoms. The van der Waals surface area contributed by atoms with Crippen molar-refractivity contribution >= 4 is 46.8 Å². The molecule has 1 fully saturated rings. The Morgan fingerprint density at radius 2 is 1.96 bits per heavy atom. The minimum Gasteiger partial charge on any atom is -0.439 e. The van der Waals surface area contributed by atoms with E-state index in [-0.39, 0.29) is 18.2 Å². The van der Waals surface area contributed by atoms with Gasteiger partial charge in [-0.3, -0.25) is 9.69 Å². The third kappa shape index (κ3) is 5.16. The van der Waals surface area contributed by atoms with E-state index in [0.29, 0.717) is 13.0 Å². The molecule has 5 nitrogen and oxygen atoms in total. The average Bonchev–Trinajstić information content (AvgIpc) is 2.83. The molecule has 1 aliphatic rings. The summed E-state index contributed by atoms with van der Waals surface area (Å²) in [6, 6.07) is 9.07. The van der Waals surface area contributed by atoms with Gasteiger partial charge < -0.3 is 10.1 Å². The smallest absolute Gasteiger partial charge is 0.410 e. The van der Waals surface area contributed by atoms with E-state index in [2.05, 4.69) is 5.32 Å². The molecule has 1 aliphatic heterocycles. The van der Waals surface area contributed by atoms with Crippen LogP contribution in [0.25, 0.3) is 0 Å². The van der Waals surface area contributed by atoms with Gasteiger partial charge in [-0.05, 0) is 18.9 Å². The van der Waals surface area contributed by atoms with Gasteiger partial charge in [0.05, 0.1) is 6.04 Å². The van der Waals surface area contributed by atoms with Gasteiger partial charge in [-0.1, -0.05) is 78.5 Å². The summed E-state index contributed by atoms with van der Waals surface area (Å²) < 4.78 is 3.49. The number of rotatable bonds is 6. The first kappa shape index (κ1) is 20.1. The average molecular weight is 408 g/mol. The Bertz CT molecular complexity index is 607. The van der Waals surface area contributed by atoms with Crippen molar-refractivity contribution in [3.05, 3.63) is 35.9 Å². The molecule has 1 aromatic rings. The lowest BCUT2D eigenvalue weighted by Crippen LogP contribution is -2.49. The van der Waals surface area contributed by atoms with Crippen molar-refractivity contribution in [3.63, 3.8) is 0 Å². The van der Waals surface area contributed by atoms with Crippen LogP contribution in [0.3, 0.4) is 0 Å². The lowest BCUT2D eigenvalue weighted by atomic mass is 10.0. The molecule has 0 unspecified atom stereocenters. The molecule has 3 atom stereocenters. The molecule has 0 aliphatic carbocycles. The number of halogens is 3. The number of hydrogen-bond donors (Lipinski definition) is 1. The summed E-state index contributed by atoms with van der Waals surface area (Å²) in [5, 5.41) is 2.70. The van der Waals surface area contributed by atoms with Gasteiger partial charge in [0.1, 0.15) is 6.10 Å². The Morgan fingerprint density at radius 3 is 2.52 bits per heavy atom. The number of hydrogen-bond acceptors (Lipinski definition) is 3. The highest BCUT2D eigenvalue weighted by Crippen LogP contribution is 2.32. The molecule has 2 amide bonds. The molecule has 1 aromatic carbocycles. The van der Waals surface area contributed by atoms with Crippen molar-refractivity contribution in [2.75, 3.05) is 6.54 Å². The van der Waals surface area contributed by atoms with E-state index in [9.17, 15) is 9.59 Å². The number of carbonyl (C=O) groups is 2. The molecular weight excluding hydrogens is 387 g/mol. The number of nitrogens with one attached hydrogen (secondary N) is 1. The quantitative estimate of drug-likeness (QED) is 0.718. The van der Waals surface area contributed by atoms with Crippen molar-refractivity contribution < 1.29 is 14.3 Å². The third-order valence-electron chi connectivity index (χ3n) is 4.17. The minimum absolute atomic E-state index is 0.168. The predicted molar refractivity (Wildman–Crippen MR) is 99.0 cm³/mol. The highest BCUT2D eigenvalue weighted by Gasteiger charge is 2.41. The zero-order valence-electron chi connectivity index (χ0n) is 14.0. The van der Waals surface area contributed by atoms with Crippen LogP contribution >= 0.6 is 34.8 Å². The van der Waals surface area contributed by atoms with Crippen molar-refractivity contribution in [2.45, 2.75) is 48.7 Å². The largest absolute Gasteiger partial charge is 0.439 e. The van der Waals surface area contributed by atoms with Crippen LogP contribution in [0.4, 0.5) is 4.79 Å². The molecule has 0 saturated carbocycles. The first-order valence-electron chi connectivity index (χ1n) is 8.14. The van der Waals surface area contributed by atoms with Crippen LogP contribution in [0.5, 0.6) is 0 Å². The second kappa shape index (κ2) is 8.47. The molecular formula is C17H21Cl3N2O3. The summed E-state index contributed by atoms with van der Waals surface area (Å²) in [7, 11) is 0. The van der Waals surface area contributed by atoms with Gasteiger partial charge in [0.25, 0.3) is 9.70 Å². The zero-order chi connectivity index (χ0) is 18.6. The van der Waals surface area contributed by atoms with Crippen LogP contribution in [0.2, 0.25) is 0 Å². The van der Waals surface area contributed by atoms with Crippen molar-refractivity contribution in [2.24, 2.45) is 0 Å². The number of nitrogens with zero attached hydrogens (tertiary/aromatic N) is 1. The van der Waals surface area contributed by atoms with E-state index in [1.54, 1.807) is 4.90 Å². The normalized spacial score (nSPS) is 21.8. The monoisotopic (exact) mass is 406 g/mol. The summed E-state index contributed by atoms with van der Waals surface area (Å²) >= 11 is 16.9. The summed E-state index contributed by atoms with van der Waals surface area (Å²) in [4.78, 5) is 25.8. The van der Waals surface area contributed by atoms with Crippen LogP contribution < -0.4 is 5.32 Å². The number of amides is 2. The fraction of sp³-hybridized carbons (Fsp3) is 0.529. The Kier molecular flexibility index (Phi) is 6.83. The molecule has 138 valence electrons. The highest BCUT2D eigenvalue weighted by molar-refractivity contribution is 6.76. The van der Waals surface area contributed by atoms with Crippen LogP contribution in [-0.4, -0.2) is 39.3 Å². The summed E-state index contributed by atoms with van der Waals surface area (Å²) in [5.74, 6) is -0.698. The molecule has 2 rings (SSSR count). The second-order valence-corrected chi connectivity index (χ2v) is 8.35. The molecule has 0 bridgehead atoms. The van der Waals surface area contributed by atoms with Gasteiger partial charge in [-0.2, -0.15) is 0 Å². The van der Waals surface area contributed by atoms with Gasteiger partial charge in [0.15, 0.2) is 0 Å². The molecule has 8 heteroatoms. The second-order valence-electron chi connectivity index (χ2n) is 6.06. The third-order valence-corrected chi connectivity index (χ3v) is 4.68. The van der Waals surface area contributed by atoms with Crippen molar-refractivity contribution in [1.82, 2.24) is 10.2 Å². The van der Waals surface area contributed by atoms with Gasteiger partial charge in [-0.15, -0.1) is 0 Å². The van der Waals surface area contributed by atoms with E-state index in [0.717, 1.165) is 12.0 Å². The Morgan fingerprint density at radius 1 is 1.32 bits per heavy atom. The molecule has 1 N–H and O–H groups in total. The summed E-state index contributed by atoms with van der Waals surface area (Å²) in [5.41, 5.74) is 0.934. The van der Waals surface area contributed by atoms with Gasteiger partial charge in [-0.25, -0.2) is 4.79 Å². The Hall–Kier alpha value is -1.17. The van der Waals surface area contributed by atoms with E-state index < -0.39 is 15.8 Å². The van der Waals surface area contributed by atoms with E-state index in [1.807, 2.05) is 44.2 Å². The first-order valence-corrected chi connectivity index (χ1v) is 9.27. The lowest BCUT2D eigenvalue weighted by molar-refractivity contribution is -0.121. The maximum Gasteiger partial charge on any atom is 0.410 e. The maximum absolute atomic E-state index is 12.3. The van der Waals surface area contributed by atoms with E-state index in [1.165, 1.54) is 0 Å². The predicted octanol–water partition coefficient (Wildman–Crippen LogP) is 4.22. The Balaban J connectivity index is 2.08. The molecule has 25 heavy (non-hydrogen) atoms. The van der Waals surface area contributed by atoms with Crippen molar-refractivity contribution in [1.29, 1.82) is 0 Å². The standard InChI is InChI=1S/C17H21Cl3N2O3/c1-3-7-13(21-15(23)17(18,19)20)10-22-11(2)14(25-16(22)24)12-8-5-4-6-9-12/h4-6,8-9,11,13-14H,3,7,10H2,1-2H3,(H,21,23)/t11-,13+,14-/m1/s1. The van der Waals surface area contributed by atoms with E-state index in [4.69, 9.17) is 39.5 Å². The number of ether oxygens (including phenoxy) is 1. The SMILES string of the molecule is CCC[C@@H](CN1C(=O)O[C@@H](c2ccccc2)[C@H]1C)NC(=O)C(Cl)(Cl)Cl. The van der Waals surface area contributed by atoms with Crippen LogP contribution in [-0.2, 0) is 9.53 Å². The molecule has 1 heterocycles. The fourth-order valence-electron chi connectivity index (χ4n) is 2.90. The van der Waals surface area contributed by atoms with Crippen LogP contribution in [0, 0.1) is 0 Å². The topological polar surface area (TPSA) is 58.6 Å². The number of carbonyl (C=O) groups excluding carboxylic acids is 2. The maximum atomic E-state index is 12.3. The van der Waals surface area contributed by atoms with Gasteiger partial charge in [0, 0.05) is 12.6 Å². The van der Waals surface area contributed by atoms with Crippen LogP contribution in [0.15, 0.2) is 30.3 Å². The zero-order valence-corrected chi connectivity index (χ0v) is 16.3. The van der Waals surface area contributed by atoms with Crippen molar-refractivity contribution in [3.8, 4) is 0 Å². The first-order chi connectivity index (χ1) is 11.7. The highest BCUT2D eigenvalue weighted by atomic mass is 35.6. The Labute approximate surface area is 162 Å². The molecule has 0 radical (unpaired) electrons. The lowest BCUT2D eigenvalue weighted by Gasteiger charge is -2.27. The van der Waals surface area contributed by atoms with Gasteiger partial charge in [0.2, 0.25) is 0 Å². The van der Waals surface area contributed by atoms with E-state index >= 15 is 0 Å². The van der Waals surface area contributed by atoms with Crippen LogP contribution in [0.1, 0.15) is 38.4 Å². The number of benzene rings is 1. The van der Waals surface area contributed by atoms with Gasteiger partial charge >= 0.3 is 6.09 Å². The number of alkyl halides is 3. The fourth-order valence-corrected chi connectivity index (χ4v) is 3.06.